The van der Waals surface area contributed by atoms with Crippen molar-refractivity contribution in [1.82, 2.24) is 24.1 Å². The zero-order valence-corrected chi connectivity index (χ0v) is 18.9. The Morgan fingerprint density at radius 1 is 1.16 bits per heavy atom. The normalized spacial score (nSPS) is 21.9. The molecule has 3 heterocycles. The van der Waals surface area contributed by atoms with Crippen LogP contribution in [0.25, 0.3) is 0 Å². The van der Waals surface area contributed by atoms with Gasteiger partial charge in [-0.05, 0) is 24.3 Å². The van der Waals surface area contributed by atoms with Crippen LogP contribution in [0.3, 0.4) is 0 Å². The fraction of sp³-hybridized carbons (Fsp3) is 0.524. The molecule has 0 radical (unpaired) electrons. The van der Waals surface area contributed by atoms with Gasteiger partial charge in [-0.25, -0.2) is 18.1 Å². The molecule has 2 aliphatic heterocycles. The number of ether oxygens (including phenoxy) is 2. The zero-order valence-electron chi connectivity index (χ0n) is 18.1. The summed E-state index contributed by atoms with van der Waals surface area (Å²) in [4.78, 5) is 8.51. The van der Waals surface area contributed by atoms with Crippen LogP contribution >= 0.6 is 0 Å². The van der Waals surface area contributed by atoms with Crippen LogP contribution in [0.4, 0.5) is 0 Å². The number of nitrogens with one attached hydrogen (secondary N) is 1. The van der Waals surface area contributed by atoms with Crippen LogP contribution in [0.2, 0.25) is 0 Å². The lowest BCUT2D eigenvalue weighted by molar-refractivity contribution is -0.138. The Bertz CT molecular complexity index is 1030. The number of nitriles is 1. The SMILES string of the molecule is Cn1cnc(S(=O)(=O)NCCN2CC3CN(CCOc4ccc(C#N)cc4)CC(C2)O3)c1. The molecule has 11 heteroatoms. The van der Waals surface area contributed by atoms with E-state index in [4.69, 9.17) is 14.7 Å². The van der Waals surface area contributed by atoms with Crippen LogP contribution in [0, 0.1) is 11.3 Å². The maximum absolute atomic E-state index is 12.3. The van der Waals surface area contributed by atoms with E-state index in [0.717, 1.165) is 38.5 Å². The van der Waals surface area contributed by atoms with Crippen LogP contribution in [-0.2, 0) is 21.8 Å². The van der Waals surface area contributed by atoms with Crippen molar-refractivity contribution in [3.05, 3.63) is 42.4 Å². The number of aromatic nitrogens is 2. The number of fused-ring (bicyclic) bond motifs is 2. The maximum Gasteiger partial charge on any atom is 0.259 e. The second kappa shape index (κ2) is 9.97. The maximum atomic E-state index is 12.3. The second-order valence-electron chi connectivity index (χ2n) is 8.16. The molecule has 1 aromatic heterocycles. The topological polar surface area (TPSA) is 113 Å². The summed E-state index contributed by atoms with van der Waals surface area (Å²) >= 11 is 0. The van der Waals surface area contributed by atoms with Gasteiger partial charge in [-0.15, -0.1) is 0 Å². The van der Waals surface area contributed by atoms with Gasteiger partial charge in [0.25, 0.3) is 10.0 Å². The Kier molecular flexibility index (Phi) is 7.07. The van der Waals surface area contributed by atoms with E-state index in [1.54, 1.807) is 23.7 Å². The second-order valence-corrected chi connectivity index (χ2v) is 9.87. The molecule has 2 unspecified atom stereocenters. The third-order valence-electron chi connectivity index (χ3n) is 5.57. The molecule has 4 rings (SSSR count). The minimum Gasteiger partial charge on any atom is -0.492 e. The molecule has 0 spiro atoms. The van der Waals surface area contributed by atoms with Gasteiger partial charge in [-0.1, -0.05) is 0 Å². The lowest BCUT2D eigenvalue weighted by Crippen LogP contribution is -2.60. The molecule has 0 amide bonds. The molecular formula is C21H28N6O4S. The average molecular weight is 461 g/mol. The molecule has 2 bridgehead atoms. The fourth-order valence-electron chi connectivity index (χ4n) is 4.08. The number of hydrogen-bond acceptors (Lipinski definition) is 8. The predicted molar refractivity (Wildman–Crippen MR) is 117 cm³/mol. The van der Waals surface area contributed by atoms with E-state index in [1.807, 2.05) is 12.1 Å². The molecule has 32 heavy (non-hydrogen) atoms. The molecule has 2 aromatic rings. The summed E-state index contributed by atoms with van der Waals surface area (Å²) in [5.41, 5.74) is 0.618. The summed E-state index contributed by atoms with van der Waals surface area (Å²) in [6, 6.07) is 9.22. The van der Waals surface area contributed by atoms with Gasteiger partial charge in [0.15, 0.2) is 5.03 Å². The Balaban J connectivity index is 1.18. The Morgan fingerprint density at radius 2 is 1.81 bits per heavy atom. The largest absolute Gasteiger partial charge is 0.492 e. The first-order valence-electron chi connectivity index (χ1n) is 10.6. The van der Waals surface area contributed by atoms with Gasteiger partial charge in [0.1, 0.15) is 12.4 Å². The summed E-state index contributed by atoms with van der Waals surface area (Å²) in [6.07, 6.45) is 3.16. The number of sulfonamides is 1. The smallest absolute Gasteiger partial charge is 0.259 e. The van der Waals surface area contributed by atoms with Crippen molar-refractivity contribution in [1.29, 1.82) is 5.26 Å². The van der Waals surface area contributed by atoms with Crippen molar-refractivity contribution in [2.24, 2.45) is 7.05 Å². The minimum atomic E-state index is -3.58. The molecular weight excluding hydrogens is 432 g/mol. The minimum absolute atomic E-state index is 0.0396. The van der Waals surface area contributed by atoms with Crippen molar-refractivity contribution in [2.75, 3.05) is 52.4 Å². The first kappa shape index (κ1) is 22.7. The third kappa shape index (κ3) is 5.85. The Hall–Kier alpha value is -2.49. The third-order valence-corrected chi connectivity index (χ3v) is 6.91. The van der Waals surface area contributed by atoms with Gasteiger partial charge < -0.3 is 14.0 Å². The molecule has 2 aliphatic rings. The van der Waals surface area contributed by atoms with Crippen LogP contribution < -0.4 is 9.46 Å². The summed E-state index contributed by atoms with van der Waals surface area (Å²) in [7, 11) is -1.85. The van der Waals surface area contributed by atoms with Crippen molar-refractivity contribution < 1.29 is 17.9 Å². The molecule has 1 aromatic carbocycles. The van der Waals surface area contributed by atoms with E-state index in [-0.39, 0.29) is 17.2 Å². The van der Waals surface area contributed by atoms with Crippen LogP contribution in [-0.4, -0.2) is 92.4 Å². The average Bonchev–Trinajstić information content (AvgIpc) is 3.21. The van der Waals surface area contributed by atoms with E-state index in [0.29, 0.717) is 25.3 Å². The molecule has 10 nitrogen and oxygen atoms in total. The number of rotatable bonds is 9. The van der Waals surface area contributed by atoms with E-state index in [1.165, 1.54) is 12.5 Å². The van der Waals surface area contributed by atoms with Crippen molar-refractivity contribution in [2.45, 2.75) is 17.2 Å². The highest BCUT2D eigenvalue weighted by Crippen LogP contribution is 2.19. The number of benzene rings is 1. The van der Waals surface area contributed by atoms with Gasteiger partial charge in [0.2, 0.25) is 0 Å². The molecule has 2 saturated heterocycles. The Labute approximate surface area is 188 Å². The Morgan fingerprint density at radius 3 is 2.41 bits per heavy atom. The number of imidazole rings is 1. The monoisotopic (exact) mass is 460 g/mol. The van der Waals surface area contributed by atoms with E-state index in [9.17, 15) is 8.42 Å². The fourth-order valence-corrected chi connectivity index (χ4v) is 5.08. The molecule has 1 N–H and O–H groups in total. The van der Waals surface area contributed by atoms with Gasteiger partial charge in [-0.3, -0.25) is 9.80 Å². The first-order valence-corrected chi connectivity index (χ1v) is 12.1. The van der Waals surface area contributed by atoms with Crippen LogP contribution in [0.5, 0.6) is 5.75 Å². The number of nitrogens with zero attached hydrogens (tertiary/aromatic N) is 5. The van der Waals surface area contributed by atoms with E-state index < -0.39 is 10.0 Å². The van der Waals surface area contributed by atoms with Crippen LogP contribution in [0.1, 0.15) is 5.56 Å². The predicted octanol–water partition coefficient (Wildman–Crippen LogP) is 0.0341. The van der Waals surface area contributed by atoms with E-state index >= 15 is 0 Å². The summed E-state index contributed by atoms with van der Waals surface area (Å²) in [6.45, 7) is 5.53. The number of aryl methyl sites for hydroxylation is 1. The van der Waals surface area contributed by atoms with Crippen LogP contribution in [0.15, 0.2) is 41.8 Å². The van der Waals surface area contributed by atoms with Gasteiger partial charge in [0.05, 0.1) is 30.2 Å². The number of hydrogen-bond donors (Lipinski definition) is 1. The highest BCUT2D eigenvalue weighted by molar-refractivity contribution is 7.89. The van der Waals surface area contributed by atoms with Crippen molar-refractivity contribution >= 4 is 10.0 Å². The standard InChI is InChI=1S/C21H28N6O4S/c1-25-15-21(23-16-25)32(28,29)24-6-7-26-11-19-13-27(14-20(12-26)31-19)8-9-30-18-4-2-17(10-22)3-5-18/h2-5,15-16,19-20,24H,6-9,11-14H2,1H3. The van der Waals surface area contributed by atoms with Crippen molar-refractivity contribution in [3.8, 4) is 11.8 Å². The zero-order chi connectivity index (χ0) is 22.6. The van der Waals surface area contributed by atoms with Gasteiger partial charge in [0, 0.05) is 59.1 Å². The van der Waals surface area contributed by atoms with E-state index in [2.05, 4.69) is 25.6 Å². The molecule has 0 aliphatic carbocycles. The first-order chi connectivity index (χ1) is 15.4. The van der Waals surface area contributed by atoms with Gasteiger partial charge >= 0.3 is 0 Å². The molecule has 172 valence electrons. The highest BCUT2D eigenvalue weighted by Gasteiger charge is 2.34. The van der Waals surface area contributed by atoms with Gasteiger partial charge in [-0.2, -0.15) is 5.26 Å². The summed E-state index contributed by atoms with van der Waals surface area (Å²) < 4.78 is 40.7. The highest BCUT2D eigenvalue weighted by atomic mass is 32.2. The summed E-state index contributed by atoms with van der Waals surface area (Å²) in [5.74, 6) is 0.761. The lowest BCUT2D eigenvalue weighted by atomic mass is 10.1. The molecule has 0 saturated carbocycles. The lowest BCUT2D eigenvalue weighted by Gasteiger charge is -2.45. The molecule has 2 fully saturated rings. The summed E-state index contributed by atoms with van der Waals surface area (Å²) in [5, 5.41) is 8.90. The number of morpholine rings is 2. The van der Waals surface area contributed by atoms with Crippen molar-refractivity contribution in [3.63, 3.8) is 0 Å². The quantitative estimate of drug-likeness (QED) is 0.558. The molecule has 2 atom stereocenters.